The van der Waals surface area contributed by atoms with Gasteiger partial charge < -0.3 is 14.8 Å². The summed E-state index contributed by atoms with van der Waals surface area (Å²) in [6, 6.07) is 19.0. The number of hydrogen-bond acceptors (Lipinski definition) is 7. The van der Waals surface area contributed by atoms with E-state index in [0.29, 0.717) is 28.8 Å². The second-order valence-corrected chi connectivity index (χ2v) is 10.4. The molecule has 0 radical (unpaired) electrons. The molecule has 2 heterocycles. The standard InChI is InChI=1S/C29H27FN4O4S/c1-17-4-6-18(7-5-17)24-15-23(22-14-21(37-2)12-13-25(22)38-3)33-34(24)29-32-28(36)26(39-29)16-27(35)31-20-10-8-19(30)9-11-20/h4-14,24,26H,15-16H2,1-3H3,(H,31,35)/t24-,26-/m1/s1. The average molecular weight is 547 g/mol. The number of anilines is 1. The number of hydrazone groups is 1. The number of amides is 2. The lowest BCUT2D eigenvalue weighted by molar-refractivity contribution is -0.121. The number of aliphatic imine (C=N–C) groups is 1. The average Bonchev–Trinajstić information content (AvgIpc) is 3.54. The van der Waals surface area contributed by atoms with Crippen molar-refractivity contribution in [1.29, 1.82) is 0 Å². The van der Waals surface area contributed by atoms with E-state index in [9.17, 15) is 14.0 Å². The van der Waals surface area contributed by atoms with Gasteiger partial charge in [0.2, 0.25) is 5.91 Å². The van der Waals surface area contributed by atoms with Gasteiger partial charge in [0.25, 0.3) is 5.91 Å². The third kappa shape index (κ3) is 5.80. The molecule has 2 aliphatic heterocycles. The molecule has 0 saturated carbocycles. The Morgan fingerprint density at radius 2 is 1.82 bits per heavy atom. The highest BCUT2D eigenvalue weighted by atomic mass is 32.2. The Kier molecular flexibility index (Phi) is 7.65. The van der Waals surface area contributed by atoms with Crippen LogP contribution in [0.15, 0.2) is 76.8 Å². The van der Waals surface area contributed by atoms with E-state index in [2.05, 4.69) is 10.3 Å². The molecule has 3 aromatic carbocycles. The van der Waals surface area contributed by atoms with Crippen LogP contribution in [0.3, 0.4) is 0 Å². The maximum absolute atomic E-state index is 13.2. The first-order valence-electron chi connectivity index (χ1n) is 12.3. The van der Waals surface area contributed by atoms with E-state index in [1.807, 2.05) is 49.4 Å². The van der Waals surface area contributed by atoms with Gasteiger partial charge in [-0.3, -0.25) is 9.59 Å². The summed E-state index contributed by atoms with van der Waals surface area (Å²) in [5, 5.41) is 9.11. The molecule has 5 rings (SSSR count). The minimum atomic E-state index is -0.690. The number of ether oxygens (including phenoxy) is 2. The summed E-state index contributed by atoms with van der Waals surface area (Å²) in [7, 11) is 3.21. The molecule has 3 aromatic rings. The number of nitrogens with zero attached hydrogens (tertiary/aromatic N) is 3. The summed E-state index contributed by atoms with van der Waals surface area (Å²) in [6.07, 6.45) is 0.479. The predicted molar refractivity (Wildman–Crippen MR) is 150 cm³/mol. The molecule has 0 spiro atoms. The molecular weight excluding hydrogens is 519 g/mol. The van der Waals surface area contributed by atoms with E-state index in [1.165, 1.54) is 36.0 Å². The number of thioether (sulfide) groups is 1. The van der Waals surface area contributed by atoms with E-state index in [4.69, 9.17) is 14.6 Å². The number of rotatable bonds is 7. The molecule has 39 heavy (non-hydrogen) atoms. The minimum absolute atomic E-state index is 0.0722. The molecule has 0 saturated heterocycles. The van der Waals surface area contributed by atoms with Gasteiger partial charge in [-0.15, -0.1) is 0 Å². The van der Waals surface area contributed by atoms with E-state index < -0.39 is 17.0 Å². The highest BCUT2D eigenvalue weighted by Gasteiger charge is 2.39. The summed E-state index contributed by atoms with van der Waals surface area (Å²) in [6.45, 7) is 2.02. The number of carbonyl (C=O) groups is 2. The molecule has 0 fully saturated rings. The second kappa shape index (κ2) is 11.3. The first-order chi connectivity index (χ1) is 18.8. The Hall–Kier alpha value is -4.18. The number of carbonyl (C=O) groups excluding carboxylic acids is 2. The maximum atomic E-state index is 13.2. The van der Waals surface area contributed by atoms with Gasteiger partial charge in [-0.2, -0.15) is 10.1 Å². The number of halogens is 1. The van der Waals surface area contributed by atoms with Crippen molar-refractivity contribution in [1.82, 2.24) is 5.01 Å². The summed E-state index contributed by atoms with van der Waals surface area (Å²) in [5.41, 5.74) is 4.17. The third-order valence-electron chi connectivity index (χ3n) is 6.51. The fourth-order valence-electron chi connectivity index (χ4n) is 4.46. The summed E-state index contributed by atoms with van der Waals surface area (Å²) < 4.78 is 24.2. The minimum Gasteiger partial charge on any atom is -0.497 e. The van der Waals surface area contributed by atoms with Gasteiger partial charge in [0.1, 0.15) is 22.6 Å². The summed E-state index contributed by atoms with van der Waals surface area (Å²) in [5.74, 6) is 0.188. The third-order valence-corrected chi connectivity index (χ3v) is 7.66. The van der Waals surface area contributed by atoms with Crippen molar-refractivity contribution in [2.75, 3.05) is 19.5 Å². The van der Waals surface area contributed by atoms with E-state index in [0.717, 1.165) is 22.4 Å². The zero-order valence-electron chi connectivity index (χ0n) is 21.7. The van der Waals surface area contributed by atoms with Crippen molar-refractivity contribution in [3.8, 4) is 11.5 Å². The van der Waals surface area contributed by atoms with Crippen LogP contribution in [0.1, 0.15) is 35.6 Å². The van der Waals surface area contributed by atoms with Crippen LogP contribution in [0.25, 0.3) is 0 Å². The molecule has 0 aromatic heterocycles. The molecule has 200 valence electrons. The highest BCUT2D eigenvalue weighted by Crippen LogP contribution is 2.40. The van der Waals surface area contributed by atoms with Crippen LogP contribution in [0.5, 0.6) is 11.5 Å². The number of hydrogen-bond donors (Lipinski definition) is 1. The van der Waals surface area contributed by atoms with Gasteiger partial charge in [0, 0.05) is 24.1 Å². The van der Waals surface area contributed by atoms with E-state index in [-0.39, 0.29) is 18.4 Å². The monoisotopic (exact) mass is 546 g/mol. The summed E-state index contributed by atoms with van der Waals surface area (Å²) in [4.78, 5) is 29.8. The van der Waals surface area contributed by atoms with Gasteiger partial charge in [-0.1, -0.05) is 41.6 Å². The van der Waals surface area contributed by atoms with Crippen molar-refractivity contribution in [2.24, 2.45) is 10.1 Å². The lowest BCUT2D eigenvalue weighted by Crippen LogP contribution is -2.25. The van der Waals surface area contributed by atoms with Gasteiger partial charge in [0.05, 0.1) is 26.0 Å². The number of methoxy groups -OCH3 is 2. The van der Waals surface area contributed by atoms with Gasteiger partial charge in [-0.25, -0.2) is 9.40 Å². The van der Waals surface area contributed by atoms with Crippen LogP contribution in [0.2, 0.25) is 0 Å². The first-order valence-corrected chi connectivity index (χ1v) is 13.2. The number of amidine groups is 1. The largest absolute Gasteiger partial charge is 0.497 e. The Morgan fingerprint density at radius 1 is 1.08 bits per heavy atom. The topological polar surface area (TPSA) is 92.6 Å². The molecule has 10 heteroatoms. The maximum Gasteiger partial charge on any atom is 0.262 e. The normalized spacial score (nSPS) is 18.6. The molecule has 0 aliphatic carbocycles. The Bertz CT molecular complexity index is 1460. The van der Waals surface area contributed by atoms with Crippen LogP contribution < -0.4 is 14.8 Å². The molecular formula is C29H27FN4O4S. The molecule has 2 aliphatic rings. The highest BCUT2D eigenvalue weighted by molar-refractivity contribution is 8.15. The SMILES string of the molecule is COc1ccc(OC)c(C2=NN(C3=NC(=O)[C@@H](CC(=O)Nc4ccc(F)cc4)S3)[C@@H](c3ccc(C)cc3)C2)c1. The smallest absolute Gasteiger partial charge is 0.262 e. The van der Waals surface area contributed by atoms with Crippen LogP contribution in [0, 0.1) is 12.7 Å². The molecule has 2 amide bonds. The predicted octanol–water partition coefficient (Wildman–Crippen LogP) is 5.33. The van der Waals surface area contributed by atoms with E-state index >= 15 is 0 Å². The lowest BCUT2D eigenvalue weighted by Gasteiger charge is -2.23. The first kappa shape index (κ1) is 26.4. The van der Waals surface area contributed by atoms with Crippen LogP contribution in [-0.2, 0) is 9.59 Å². The Balaban J connectivity index is 1.40. The fraction of sp³-hybridized carbons (Fsp3) is 0.241. The molecule has 0 bridgehead atoms. The summed E-state index contributed by atoms with van der Waals surface area (Å²) >= 11 is 1.22. The van der Waals surface area contributed by atoms with Crippen molar-refractivity contribution >= 4 is 40.1 Å². The van der Waals surface area contributed by atoms with Gasteiger partial charge in [0.15, 0.2) is 5.17 Å². The Morgan fingerprint density at radius 3 is 2.51 bits per heavy atom. The number of aryl methyl sites for hydroxylation is 1. The molecule has 8 nitrogen and oxygen atoms in total. The second-order valence-electron chi connectivity index (χ2n) is 9.19. The molecule has 2 atom stereocenters. The van der Waals surface area contributed by atoms with Crippen molar-refractivity contribution in [3.05, 3.63) is 89.2 Å². The fourth-order valence-corrected chi connectivity index (χ4v) is 5.52. The zero-order chi connectivity index (χ0) is 27.5. The van der Waals surface area contributed by atoms with Crippen molar-refractivity contribution < 1.29 is 23.5 Å². The van der Waals surface area contributed by atoms with Gasteiger partial charge in [-0.05, 0) is 55.0 Å². The van der Waals surface area contributed by atoms with Crippen molar-refractivity contribution in [2.45, 2.75) is 31.1 Å². The molecule has 0 unspecified atom stereocenters. The van der Waals surface area contributed by atoms with Crippen LogP contribution >= 0.6 is 11.8 Å². The molecule has 1 N–H and O–H groups in total. The lowest BCUT2D eigenvalue weighted by atomic mass is 9.97. The quantitative estimate of drug-likeness (QED) is 0.431. The zero-order valence-corrected chi connectivity index (χ0v) is 22.5. The van der Waals surface area contributed by atoms with Crippen molar-refractivity contribution in [3.63, 3.8) is 0 Å². The van der Waals surface area contributed by atoms with Crippen LogP contribution in [-0.4, -0.2) is 47.2 Å². The Labute approximate surface area is 229 Å². The van der Waals surface area contributed by atoms with E-state index in [1.54, 1.807) is 19.2 Å². The van der Waals surface area contributed by atoms with Crippen LogP contribution in [0.4, 0.5) is 10.1 Å². The number of benzene rings is 3. The van der Waals surface area contributed by atoms with Gasteiger partial charge >= 0.3 is 0 Å². The number of nitrogens with one attached hydrogen (secondary N) is 1.